The van der Waals surface area contributed by atoms with Crippen LogP contribution < -0.4 is 16.6 Å². The van der Waals surface area contributed by atoms with Gasteiger partial charge in [-0.25, -0.2) is 0 Å². The molecular formula is C14H15N3O2. The maximum atomic E-state index is 11.9. The summed E-state index contributed by atoms with van der Waals surface area (Å²) in [5.41, 5.74) is 7.30. The van der Waals surface area contributed by atoms with E-state index in [1.165, 1.54) is 12.3 Å². The molecule has 1 aromatic carbocycles. The molecule has 0 saturated heterocycles. The molecule has 19 heavy (non-hydrogen) atoms. The second-order valence-corrected chi connectivity index (χ2v) is 4.13. The number of nitrogens with one attached hydrogen (secondary N) is 2. The lowest BCUT2D eigenvalue weighted by atomic mass is 10.1. The van der Waals surface area contributed by atoms with Gasteiger partial charge in [0.15, 0.2) is 0 Å². The zero-order chi connectivity index (χ0) is 13.7. The van der Waals surface area contributed by atoms with Gasteiger partial charge >= 0.3 is 0 Å². The highest BCUT2D eigenvalue weighted by molar-refractivity contribution is 6.04. The van der Waals surface area contributed by atoms with Crippen molar-refractivity contribution in [3.63, 3.8) is 0 Å². The highest BCUT2D eigenvalue weighted by Crippen LogP contribution is 2.11. The number of nitrogens with two attached hydrogens (primary N) is 1. The van der Waals surface area contributed by atoms with E-state index in [-0.39, 0.29) is 11.5 Å². The van der Waals surface area contributed by atoms with E-state index < -0.39 is 0 Å². The number of benzene rings is 1. The highest BCUT2D eigenvalue weighted by atomic mass is 16.2. The standard InChI is InChI=1S/C14H15N3O2/c15-7-5-10-1-3-12(4-2-10)17-14(19)11-6-8-16-13(18)9-11/h1-4,6,8-9H,5,7,15H2,(H,16,18)(H,17,19). The molecular weight excluding hydrogens is 242 g/mol. The van der Waals surface area contributed by atoms with Crippen LogP contribution in [0.2, 0.25) is 0 Å². The van der Waals surface area contributed by atoms with Gasteiger partial charge < -0.3 is 16.0 Å². The number of amides is 1. The zero-order valence-electron chi connectivity index (χ0n) is 10.3. The molecule has 0 bridgehead atoms. The molecule has 0 saturated carbocycles. The first-order chi connectivity index (χ1) is 9.19. The molecule has 4 N–H and O–H groups in total. The molecule has 0 atom stereocenters. The molecule has 2 aromatic rings. The maximum Gasteiger partial charge on any atom is 0.255 e. The minimum Gasteiger partial charge on any atom is -0.330 e. The van der Waals surface area contributed by atoms with Crippen LogP contribution in [0, 0.1) is 0 Å². The summed E-state index contributed by atoms with van der Waals surface area (Å²) in [5, 5.41) is 2.73. The molecule has 2 rings (SSSR count). The third kappa shape index (κ3) is 3.53. The minimum atomic E-state index is -0.308. The van der Waals surface area contributed by atoms with Gasteiger partial charge in [-0.2, -0.15) is 0 Å². The number of H-pyrrole nitrogens is 1. The van der Waals surface area contributed by atoms with Crippen LogP contribution >= 0.6 is 0 Å². The van der Waals surface area contributed by atoms with E-state index in [0.29, 0.717) is 17.8 Å². The summed E-state index contributed by atoms with van der Waals surface area (Å²) in [6, 6.07) is 10.3. The lowest BCUT2D eigenvalue weighted by molar-refractivity contribution is 0.102. The maximum absolute atomic E-state index is 11.9. The molecule has 1 amide bonds. The molecule has 0 spiro atoms. The van der Waals surface area contributed by atoms with E-state index in [9.17, 15) is 9.59 Å². The molecule has 0 aliphatic heterocycles. The van der Waals surface area contributed by atoms with Crippen LogP contribution in [0.3, 0.4) is 0 Å². The molecule has 5 heteroatoms. The topological polar surface area (TPSA) is 88.0 Å². The lowest BCUT2D eigenvalue weighted by Gasteiger charge is -2.06. The average molecular weight is 257 g/mol. The molecule has 0 radical (unpaired) electrons. The van der Waals surface area contributed by atoms with E-state index in [4.69, 9.17) is 5.73 Å². The van der Waals surface area contributed by atoms with Crippen LogP contribution in [0.25, 0.3) is 0 Å². The molecule has 0 fully saturated rings. The number of rotatable bonds is 4. The first kappa shape index (κ1) is 13.0. The van der Waals surface area contributed by atoms with Crippen molar-refractivity contribution < 1.29 is 4.79 Å². The fraction of sp³-hybridized carbons (Fsp3) is 0.143. The van der Waals surface area contributed by atoms with Crippen molar-refractivity contribution in [1.29, 1.82) is 0 Å². The Hall–Kier alpha value is -2.40. The third-order valence-corrected chi connectivity index (χ3v) is 2.68. The second kappa shape index (κ2) is 5.97. The fourth-order valence-corrected chi connectivity index (χ4v) is 1.71. The molecule has 98 valence electrons. The molecule has 0 unspecified atom stereocenters. The number of anilines is 1. The molecule has 0 aliphatic carbocycles. The summed E-state index contributed by atoms with van der Waals surface area (Å²) in [4.78, 5) is 25.5. The Morgan fingerprint density at radius 2 is 1.95 bits per heavy atom. The minimum absolute atomic E-state index is 0.300. The molecule has 5 nitrogen and oxygen atoms in total. The zero-order valence-corrected chi connectivity index (χ0v) is 10.3. The van der Waals surface area contributed by atoms with Crippen LogP contribution in [0.1, 0.15) is 15.9 Å². The highest BCUT2D eigenvalue weighted by Gasteiger charge is 2.06. The van der Waals surface area contributed by atoms with Gasteiger partial charge in [0.25, 0.3) is 5.91 Å². The number of aromatic amines is 1. The van der Waals surface area contributed by atoms with Crippen molar-refractivity contribution in [2.24, 2.45) is 5.73 Å². The number of pyridine rings is 1. The van der Waals surface area contributed by atoms with Crippen molar-refractivity contribution in [3.8, 4) is 0 Å². The predicted octanol–water partition coefficient (Wildman–Crippen LogP) is 1.13. The number of carbonyl (C=O) groups is 1. The van der Waals surface area contributed by atoms with E-state index in [0.717, 1.165) is 12.0 Å². The number of hydrogen-bond acceptors (Lipinski definition) is 3. The first-order valence-corrected chi connectivity index (χ1v) is 5.98. The lowest BCUT2D eigenvalue weighted by Crippen LogP contribution is -2.15. The van der Waals surface area contributed by atoms with Crippen molar-refractivity contribution in [1.82, 2.24) is 4.98 Å². The average Bonchev–Trinajstić information content (AvgIpc) is 2.41. The van der Waals surface area contributed by atoms with E-state index in [1.54, 1.807) is 6.07 Å². The second-order valence-electron chi connectivity index (χ2n) is 4.13. The van der Waals surface area contributed by atoms with Crippen LogP contribution in [-0.4, -0.2) is 17.4 Å². The van der Waals surface area contributed by atoms with E-state index in [1.807, 2.05) is 24.3 Å². The Morgan fingerprint density at radius 1 is 1.21 bits per heavy atom. The van der Waals surface area contributed by atoms with Crippen molar-refractivity contribution in [2.45, 2.75) is 6.42 Å². The summed E-state index contributed by atoms with van der Waals surface area (Å²) >= 11 is 0. The van der Waals surface area contributed by atoms with Gasteiger partial charge in [-0.1, -0.05) is 12.1 Å². The van der Waals surface area contributed by atoms with Gasteiger partial charge in [0.05, 0.1) is 0 Å². The molecule has 0 aliphatic rings. The van der Waals surface area contributed by atoms with E-state index in [2.05, 4.69) is 10.3 Å². The number of hydrogen-bond donors (Lipinski definition) is 3. The van der Waals surface area contributed by atoms with Gasteiger partial charge in [0.1, 0.15) is 0 Å². The smallest absolute Gasteiger partial charge is 0.255 e. The first-order valence-electron chi connectivity index (χ1n) is 5.98. The van der Waals surface area contributed by atoms with Gasteiger partial charge in [-0.3, -0.25) is 9.59 Å². The Morgan fingerprint density at radius 3 is 2.58 bits per heavy atom. The van der Waals surface area contributed by atoms with Crippen molar-refractivity contribution >= 4 is 11.6 Å². The van der Waals surface area contributed by atoms with Gasteiger partial charge in [-0.05, 0) is 36.7 Å². The largest absolute Gasteiger partial charge is 0.330 e. The number of carbonyl (C=O) groups excluding carboxylic acids is 1. The van der Waals surface area contributed by atoms with Crippen molar-refractivity contribution in [3.05, 3.63) is 64.1 Å². The van der Waals surface area contributed by atoms with Gasteiger partial charge in [-0.15, -0.1) is 0 Å². The Bertz CT molecular complexity index is 617. The van der Waals surface area contributed by atoms with Crippen LogP contribution in [0.4, 0.5) is 5.69 Å². The summed E-state index contributed by atoms with van der Waals surface area (Å²) in [5.74, 6) is -0.308. The third-order valence-electron chi connectivity index (χ3n) is 2.68. The Labute approximate surface area is 110 Å². The molecule has 1 aromatic heterocycles. The molecule has 1 heterocycles. The summed E-state index contributed by atoms with van der Waals surface area (Å²) in [6.07, 6.45) is 2.25. The Kier molecular flexibility index (Phi) is 4.10. The quantitative estimate of drug-likeness (QED) is 0.767. The summed E-state index contributed by atoms with van der Waals surface area (Å²) in [7, 11) is 0. The SMILES string of the molecule is NCCc1ccc(NC(=O)c2cc[nH]c(=O)c2)cc1. The van der Waals surface area contributed by atoms with Crippen LogP contribution in [0.15, 0.2) is 47.4 Å². The monoisotopic (exact) mass is 257 g/mol. The summed E-state index contributed by atoms with van der Waals surface area (Å²) < 4.78 is 0. The van der Waals surface area contributed by atoms with E-state index >= 15 is 0 Å². The van der Waals surface area contributed by atoms with Crippen molar-refractivity contribution in [2.75, 3.05) is 11.9 Å². The predicted molar refractivity (Wildman–Crippen MR) is 74.2 cm³/mol. The normalized spacial score (nSPS) is 10.2. The fourth-order valence-electron chi connectivity index (χ4n) is 1.71. The van der Waals surface area contributed by atoms with Gasteiger partial charge in [0, 0.05) is 23.5 Å². The van der Waals surface area contributed by atoms with Crippen LogP contribution in [-0.2, 0) is 6.42 Å². The van der Waals surface area contributed by atoms with Crippen LogP contribution in [0.5, 0.6) is 0 Å². The summed E-state index contributed by atoms with van der Waals surface area (Å²) in [6.45, 7) is 0.596. The van der Waals surface area contributed by atoms with Gasteiger partial charge in [0.2, 0.25) is 5.56 Å². The number of aromatic nitrogens is 1. The Balaban J connectivity index is 2.08.